The first-order valence-electron chi connectivity index (χ1n) is 8.39. The van der Waals surface area contributed by atoms with E-state index in [-0.39, 0.29) is 17.7 Å². The van der Waals surface area contributed by atoms with Crippen molar-refractivity contribution < 1.29 is 18.0 Å². The van der Waals surface area contributed by atoms with E-state index in [1.807, 2.05) is 4.90 Å². The van der Waals surface area contributed by atoms with Gasteiger partial charge in [0.2, 0.25) is 5.91 Å². The average Bonchev–Trinajstić information content (AvgIpc) is 3.04. The third kappa shape index (κ3) is 3.91. The Kier molecular flexibility index (Phi) is 5.15. The number of aromatic nitrogens is 1. The van der Waals surface area contributed by atoms with Gasteiger partial charge in [-0.1, -0.05) is 0 Å². The van der Waals surface area contributed by atoms with Crippen molar-refractivity contribution in [3.63, 3.8) is 0 Å². The summed E-state index contributed by atoms with van der Waals surface area (Å²) in [4.78, 5) is 18.3. The summed E-state index contributed by atoms with van der Waals surface area (Å²) >= 11 is 1.05. The first-order chi connectivity index (χ1) is 11.3. The second-order valence-corrected chi connectivity index (χ2v) is 7.66. The molecule has 0 aromatic carbocycles. The van der Waals surface area contributed by atoms with Crippen LogP contribution in [0.25, 0.3) is 0 Å². The molecule has 2 aliphatic rings. The third-order valence-electron chi connectivity index (χ3n) is 4.87. The second-order valence-electron chi connectivity index (χ2n) is 6.77. The van der Waals surface area contributed by atoms with Crippen LogP contribution in [0.15, 0.2) is 5.38 Å². The molecule has 1 N–H and O–H groups in total. The standard InChI is InChI=1S/C16H22F3N3OS/c1-10-7-11(4-5-20-10)15(23)22-6-2-3-12(8-22)14-21-13(9-24-14)16(17,18)19/h9-12,20H,2-8H2,1H3/t10-,11-,12?/m0/s1. The van der Waals surface area contributed by atoms with Gasteiger partial charge in [0.1, 0.15) is 0 Å². The van der Waals surface area contributed by atoms with Crippen LogP contribution < -0.4 is 5.32 Å². The van der Waals surface area contributed by atoms with E-state index in [0.29, 0.717) is 24.1 Å². The molecule has 134 valence electrons. The minimum atomic E-state index is -4.40. The van der Waals surface area contributed by atoms with Crippen LogP contribution in [0.3, 0.4) is 0 Å². The van der Waals surface area contributed by atoms with E-state index in [4.69, 9.17) is 0 Å². The van der Waals surface area contributed by atoms with E-state index in [9.17, 15) is 18.0 Å². The van der Waals surface area contributed by atoms with Crippen LogP contribution in [0.4, 0.5) is 13.2 Å². The highest BCUT2D eigenvalue weighted by Crippen LogP contribution is 2.35. The molecule has 0 radical (unpaired) electrons. The van der Waals surface area contributed by atoms with E-state index < -0.39 is 11.9 Å². The zero-order chi connectivity index (χ0) is 17.3. The zero-order valence-corrected chi connectivity index (χ0v) is 14.4. The van der Waals surface area contributed by atoms with Crippen molar-refractivity contribution in [1.29, 1.82) is 0 Å². The number of piperidine rings is 2. The summed E-state index contributed by atoms with van der Waals surface area (Å²) in [5.41, 5.74) is -0.821. The van der Waals surface area contributed by atoms with Crippen LogP contribution in [-0.4, -0.2) is 41.5 Å². The SMILES string of the molecule is C[C@H]1C[C@@H](C(=O)N2CCCC(c3nc(C(F)(F)F)cs3)C2)CCN1. The molecule has 1 aromatic heterocycles. The normalized spacial score (nSPS) is 28.8. The second kappa shape index (κ2) is 7.00. The topological polar surface area (TPSA) is 45.2 Å². The molecule has 3 atom stereocenters. The Hall–Kier alpha value is -1.15. The summed E-state index contributed by atoms with van der Waals surface area (Å²) in [6.45, 7) is 4.11. The Morgan fingerprint density at radius 3 is 2.88 bits per heavy atom. The molecule has 24 heavy (non-hydrogen) atoms. The van der Waals surface area contributed by atoms with Gasteiger partial charge < -0.3 is 10.2 Å². The first-order valence-corrected chi connectivity index (χ1v) is 9.27. The van der Waals surface area contributed by atoms with E-state index in [1.165, 1.54) is 0 Å². The van der Waals surface area contributed by atoms with Crippen molar-refractivity contribution in [2.75, 3.05) is 19.6 Å². The van der Waals surface area contributed by atoms with Crippen molar-refractivity contribution in [3.8, 4) is 0 Å². The number of rotatable bonds is 2. The van der Waals surface area contributed by atoms with Crippen molar-refractivity contribution in [1.82, 2.24) is 15.2 Å². The van der Waals surface area contributed by atoms with Crippen LogP contribution in [0, 0.1) is 5.92 Å². The summed E-state index contributed by atoms with van der Waals surface area (Å²) in [7, 11) is 0. The lowest BCUT2D eigenvalue weighted by atomic mass is 9.90. The molecule has 1 aromatic rings. The Bertz CT molecular complexity index is 589. The Morgan fingerprint density at radius 1 is 1.42 bits per heavy atom. The Labute approximate surface area is 143 Å². The maximum atomic E-state index is 12.7. The molecular formula is C16H22F3N3OS. The fourth-order valence-corrected chi connectivity index (χ4v) is 4.55. The van der Waals surface area contributed by atoms with Gasteiger partial charge in [0.15, 0.2) is 5.69 Å². The molecule has 2 aliphatic heterocycles. The molecule has 8 heteroatoms. The summed E-state index contributed by atoms with van der Waals surface area (Å²) in [5, 5.41) is 4.91. The van der Waals surface area contributed by atoms with E-state index in [0.717, 1.165) is 48.9 Å². The van der Waals surface area contributed by atoms with Gasteiger partial charge in [-0.3, -0.25) is 4.79 Å². The summed E-state index contributed by atoms with van der Waals surface area (Å²) in [6.07, 6.45) is -1.13. The molecule has 1 amide bonds. The number of alkyl halides is 3. The summed E-state index contributed by atoms with van der Waals surface area (Å²) < 4.78 is 38.2. The van der Waals surface area contributed by atoms with Crippen molar-refractivity contribution in [2.45, 2.75) is 50.7 Å². The summed E-state index contributed by atoms with van der Waals surface area (Å²) in [5.74, 6) is 0.102. The number of nitrogens with one attached hydrogen (secondary N) is 1. The number of likely N-dealkylation sites (tertiary alicyclic amines) is 1. The molecular weight excluding hydrogens is 339 g/mol. The number of hydrogen-bond donors (Lipinski definition) is 1. The van der Waals surface area contributed by atoms with Gasteiger partial charge in [-0.25, -0.2) is 4.98 Å². The van der Waals surface area contributed by atoms with Gasteiger partial charge in [-0.2, -0.15) is 13.2 Å². The molecule has 2 saturated heterocycles. The molecule has 0 saturated carbocycles. The average molecular weight is 361 g/mol. The predicted octanol–water partition coefficient (Wildman–Crippen LogP) is 3.26. The Morgan fingerprint density at radius 2 is 2.21 bits per heavy atom. The van der Waals surface area contributed by atoms with Gasteiger partial charge in [0, 0.05) is 36.3 Å². The van der Waals surface area contributed by atoms with Crippen molar-refractivity contribution in [2.24, 2.45) is 5.92 Å². The minimum absolute atomic E-state index is 0.0297. The molecule has 3 heterocycles. The molecule has 1 unspecified atom stereocenters. The molecule has 0 bridgehead atoms. The molecule has 0 spiro atoms. The van der Waals surface area contributed by atoms with Crippen molar-refractivity contribution >= 4 is 17.2 Å². The van der Waals surface area contributed by atoms with Crippen LogP contribution in [0.2, 0.25) is 0 Å². The maximum Gasteiger partial charge on any atom is 0.434 e. The fourth-order valence-electron chi connectivity index (χ4n) is 3.60. The van der Waals surface area contributed by atoms with Crippen LogP contribution in [0.1, 0.15) is 49.2 Å². The number of carbonyl (C=O) groups excluding carboxylic acids is 1. The van der Waals surface area contributed by atoms with Crippen LogP contribution in [0.5, 0.6) is 0 Å². The lowest BCUT2D eigenvalue weighted by Gasteiger charge is -2.36. The van der Waals surface area contributed by atoms with Gasteiger partial charge in [0.05, 0.1) is 5.01 Å². The molecule has 2 fully saturated rings. The number of thiazole rings is 1. The zero-order valence-electron chi connectivity index (χ0n) is 13.6. The fraction of sp³-hybridized carbons (Fsp3) is 0.750. The monoisotopic (exact) mass is 361 g/mol. The number of carbonyl (C=O) groups is 1. The van der Waals surface area contributed by atoms with Gasteiger partial charge in [-0.15, -0.1) is 11.3 Å². The van der Waals surface area contributed by atoms with Crippen molar-refractivity contribution in [3.05, 3.63) is 16.1 Å². The number of amides is 1. The largest absolute Gasteiger partial charge is 0.434 e. The molecule has 4 nitrogen and oxygen atoms in total. The number of halogens is 3. The molecule has 0 aliphatic carbocycles. The van der Waals surface area contributed by atoms with Gasteiger partial charge >= 0.3 is 6.18 Å². The lowest BCUT2D eigenvalue weighted by molar-refractivity contribution is -0.141. The van der Waals surface area contributed by atoms with E-state index in [1.54, 1.807) is 0 Å². The highest BCUT2D eigenvalue weighted by molar-refractivity contribution is 7.09. The predicted molar refractivity (Wildman–Crippen MR) is 85.9 cm³/mol. The minimum Gasteiger partial charge on any atom is -0.342 e. The van der Waals surface area contributed by atoms with E-state index >= 15 is 0 Å². The van der Waals surface area contributed by atoms with Gasteiger partial charge in [-0.05, 0) is 39.2 Å². The molecule has 3 rings (SSSR count). The quantitative estimate of drug-likeness (QED) is 0.879. The van der Waals surface area contributed by atoms with Gasteiger partial charge in [0.25, 0.3) is 0 Å². The number of nitrogens with zero attached hydrogens (tertiary/aromatic N) is 2. The Balaban J connectivity index is 1.65. The third-order valence-corrected chi connectivity index (χ3v) is 5.87. The van der Waals surface area contributed by atoms with Crippen LogP contribution in [-0.2, 0) is 11.0 Å². The van der Waals surface area contributed by atoms with Crippen LogP contribution >= 0.6 is 11.3 Å². The lowest BCUT2D eigenvalue weighted by Crippen LogP contribution is -2.47. The first kappa shape index (κ1) is 17.7. The highest BCUT2D eigenvalue weighted by Gasteiger charge is 2.36. The maximum absolute atomic E-state index is 12.7. The highest BCUT2D eigenvalue weighted by atomic mass is 32.1. The smallest absolute Gasteiger partial charge is 0.342 e. The van der Waals surface area contributed by atoms with E-state index in [2.05, 4.69) is 17.2 Å². The number of hydrogen-bond acceptors (Lipinski definition) is 4. The summed E-state index contributed by atoms with van der Waals surface area (Å²) in [6, 6.07) is 0.335.